The zero-order valence-electron chi connectivity index (χ0n) is 16.9. The Bertz CT molecular complexity index is 1490. The van der Waals surface area contributed by atoms with Gasteiger partial charge in [-0.3, -0.25) is 14.9 Å². The van der Waals surface area contributed by atoms with E-state index in [0.717, 1.165) is 0 Å². The number of benzene rings is 2. The first-order chi connectivity index (χ1) is 15.8. The lowest BCUT2D eigenvalue weighted by molar-refractivity contribution is -0.124. The number of nitrogens with zero attached hydrogens (tertiary/aromatic N) is 1. The number of aromatic amines is 1. The molecule has 0 aliphatic carbocycles. The van der Waals surface area contributed by atoms with Crippen LogP contribution in [0.25, 0.3) is 21.9 Å². The average Bonchev–Trinajstić information content (AvgIpc) is 3.25. The quantitative estimate of drug-likeness (QED) is 0.305. The molecule has 0 spiro atoms. The highest BCUT2D eigenvalue weighted by Crippen LogP contribution is 2.34. The summed E-state index contributed by atoms with van der Waals surface area (Å²) in [4.78, 5) is 38.8. The van der Waals surface area contributed by atoms with Gasteiger partial charge in [0, 0.05) is 28.7 Å². The molecule has 5 rings (SSSR count). The van der Waals surface area contributed by atoms with Crippen LogP contribution < -0.4 is 16.2 Å². The Kier molecular flexibility index (Phi) is 4.45. The lowest BCUT2D eigenvalue weighted by Crippen LogP contribution is -2.47. The highest BCUT2D eigenvalue weighted by atomic mass is 19.1. The van der Waals surface area contributed by atoms with Gasteiger partial charge in [0.05, 0.1) is 6.54 Å². The van der Waals surface area contributed by atoms with Gasteiger partial charge in [0.25, 0.3) is 11.5 Å². The number of hydrogen-bond acceptors (Lipinski definition) is 5. The fraction of sp³-hybridized carbons (Fsp3) is 0.0870. The van der Waals surface area contributed by atoms with Crippen LogP contribution in [0.3, 0.4) is 0 Å². The maximum absolute atomic E-state index is 13.6. The number of H-pyrrole nitrogens is 1. The van der Waals surface area contributed by atoms with Crippen LogP contribution in [0.1, 0.15) is 5.56 Å². The molecule has 3 heterocycles. The Morgan fingerprint density at radius 3 is 2.39 bits per heavy atom. The predicted molar refractivity (Wildman–Crippen MR) is 116 cm³/mol. The SMILES string of the molecule is O=C1NC(=O)[C@](Cn2cc3ccc(F)cc3c2O)(c2ccc(-c3c[nH]c(=O)c(O)c3)cc2)N1. The molecule has 3 amide bonds. The van der Waals surface area contributed by atoms with Crippen molar-refractivity contribution in [2.24, 2.45) is 0 Å². The molecule has 2 aromatic heterocycles. The van der Waals surface area contributed by atoms with Crippen molar-refractivity contribution in [1.29, 1.82) is 0 Å². The first-order valence-corrected chi connectivity index (χ1v) is 9.90. The van der Waals surface area contributed by atoms with Gasteiger partial charge in [-0.25, -0.2) is 9.18 Å². The lowest BCUT2D eigenvalue weighted by atomic mass is 9.88. The molecule has 1 aliphatic heterocycles. The Morgan fingerprint density at radius 2 is 1.73 bits per heavy atom. The fourth-order valence-electron chi connectivity index (χ4n) is 4.08. The second kappa shape index (κ2) is 7.23. The molecular weight excluding hydrogens is 431 g/mol. The van der Waals surface area contributed by atoms with E-state index in [-0.39, 0.29) is 17.8 Å². The second-order valence-electron chi connectivity index (χ2n) is 7.81. The zero-order valence-corrected chi connectivity index (χ0v) is 16.9. The summed E-state index contributed by atoms with van der Waals surface area (Å²) in [6.07, 6.45) is 3.01. The number of carbonyl (C=O) groups excluding carboxylic acids is 2. The van der Waals surface area contributed by atoms with Crippen molar-refractivity contribution in [3.63, 3.8) is 0 Å². The third-order valence-corrected chi connectivity index (χ3v) is 5.77. The summed E-state index contributed by atoms with van der Waals surface area (Å²) in [7, 11) is 0. The smallest absolute Gasteiger partial charge is 0.322 e. The molecule has 1 atom stereocenters. The van der Waals surface area contributed by atoms with Crippen molar-refractivity contribution in [2.45, 2.75) is 12.1 Å². The molecule has 0 saturated carbocycles. The van der Waals surface area contributed by atoms with E-state index in [2.05, 4.69) is 15.6 Å². The van der Waals surface area contributed by atoms with Crippen LogP contribution in [0.5, 0.6) is 11.6 Å². The summed E-state index contributed by atoms with van der Waals surface area (Å²) in [5.41, 5.74) is -0.516. The summed E-state index contributed by atoms with van der Waals surface area (Å²) in [5, 5.41) is 26.0. The standard InChI is InChI=1S/C23H17FN4O5/c24-16-6-3-13-10-28(20(31)17(13)8-16)11-23(21(32)26-22(33)27-23)15-4-1-12(2-5-15)14-7-18(29)19(30)25-9-14/h1-10,29,31H,11H2,(H,25,30)(H2,26,27,32,33)/t23-/m0/s1. The van der Waals surface area contributed by atoms with Gasteiger partial charge < -0.3 is 25.1 Å². The van der Waals surface area contributed by atoms with Gasteiger partial charge in [0.2, 0.25) is 0 Å². The highest BCUT2D eigenvalue weighted by Gasteiger charge is 2.48. The number of fused-ring (bicyclic) bond motifs is 1. The number of pyridine rings is 1. The maximum atomic E-state index is 13.6. The zero-order chi connectivity index (χ0) is 23.3. The minimum Gasteiger partial charge on any atom is -0.503 e. The average molecular weight is 448 g/mol. The first-order valence-electron chi connectivity index (χ1n) is 9.90. The molecule has 166 valence electrons. The van der Waals surface area contributed by atoms with Gasteiger partial charge in [0.15, 0.2) is 17.2 Å². The van der Waals surface area contributed by atoms with Crippen LogP contribution in [-0.4, -0.2) is 31.7 Å². The molecule has 0 unspecified atom stereocenters. The normalized spacial score (nSPS) is 17.8. The number of nitrogens with one attached hydrogen (secondary N) is 3. The van der Waals surface area contributed by atoms with E-state index in [9.17, 15) is 29.0 Å². The number of aromatic hydroxyl groups is 2. The summed E-state index contributed by atoms with van der Waals surface area (Å²) in [5.74, 6) is -1.79. The third-order valence-electron chi connectivity index (χ3n) is 5.77. The number of amides is 3. The van der Waals surface area contributed by atoms with E-state index >= 15 is 0 Å². The molecule has 0 bridgehead atoms. The number of imide groups is 1. The molecule has 33 heavy (non-hydrogen) atoms. The van der Waals surface area contributed by atoms with Crippen LogP contribution in [-0.2, 0) is 16.9 Å². The van der Waals surface area contributed by atoms with Crippen LogP contribution >= 0.6 is 0 Å². The monoisotopic (exact) mass is 448 g/mol. The molecule has 2 aromatic carbocycles. The van der Waals surface area contributed by atoms with E-state index in [1.807, 2.05) is 0 Å². The highest BCUT2D eigenvalue weighted by molar-refractivity contribution is 6.07. The molecular formula is C23H17FN4O5. The summed E-state index contributed by atoms with van der Waals surface area (Å²) in [6.45, 7) is -0.147. The molecule has 1 fully saturated rings. The Balaban J connectivity index is 1.57. The van der Waals surface area contributed by atoms with Crippen LogP contribution in [0, 0.1) is 5.82 Å². The lowest BCUT2D eigenvalue weighted by Gasteiger charge is -2.27. The van der Waals surface area contributed by atoms with Crippen LogP contribution in [0.2, 0.25) is 0 Å². The van der Waals surface area contributed by atoms with Crippen molar-refractivity contribution in [2.75, 3.05) is 0 Å². The minimum atomic E-state index is -1.53. The summed E-state index contributed by atoms with van der Waals surface area (Å²) < 4.78 is 15.0. The van der Waals surface area contributed by atoms with Gasteiger partial charge in [0.1, 0.15) is 5.82 Å². The summed E-state index contributed by atoms with van der Waals surface area (Å²) in [6, 6.07) is 11.2. The van der Waals surface area contributed by atoms with Gasteiger partial charge in [-0.1, -0.05) is 24.3 Å². The van der Waals surface area contributed by atoms with E-state index in [4.69, 9.17) is 0 Å². The largest absolute Gasteiger partial charge is 0.503 e. The first kappa shape index (κ1) is 20.3. The molecule has 1 aliphatic rings. The van der Waals surface area contributed by atoms with E-state index < -0.39 is 34.6 Å². The molecule has 9 nitrogen and oxygen atoms in total. The molecule has 1 saturated heterocycles. The summed E-state index contributed by atoms with van der Waals surface area (Å²) >= 11 is 0. The molecule has 0 radical (unpaired) electrons. The number of rotatable bonds is 4. The van der Waals surface area contributed by atoms with E-state index in [0.29, 0.717) is 22.1 Å². The van der Waals surface area contributed by atoms with E-state index in [1.54, 1.807) is 30.5 Å². The van der Waals surface area contributed by atoms with Crippen molar-refractivity contribution in [1.82, 2.24) is 20.2 Å². The molecule has 10 heteroatoms. The number of carbonyl (C=O) groups is 2. The van der Waals surface area contributed by atoms with Gasteiger partial charge in [-0.05, 0) is 35.4 Å². The minimum absolute atomic E-state index is 0.147. The Hall–Kier alpha value is -4.60. The van der Waals surface area contributed by atoms with Crippen LogP contribution in [0.15, 0.2) is 65.7 Å². The fourth-order valence-corrected chi connectivity index (χ4v) is 4.08. The second-order valence-corrected chi connectivity index (χ2v) is 7.81. The van der Waals surface area contributed by atoms with Crippen LogP contribution in [0.4, 0.5) is 9.18 Å². The number of hydrogen-bond donors (Lipinski definition) is 5. The van der Waals surface area contributed by atoms with Gasteiger partial charge >= 0.3 is 6.03 Å². The van der Waals surface area contributed by atoms with Crippen molar-refractivity contribution < 1.29 is 24.2 Å². The number of aromatic nitrogens is 2. The topological polar surface area (TPSA) is 136 Å². The van der Waals surface area contributed by atoms with Gasteiger partial charge in [-0.2, -0.15) is 0 Å². The molecule has 5 N–H and O–H groups in total. The van der Waals surface area contributed by atoms with Crippen molar-refractivity contribution in [3.05, 3.63) is 82.7 Å². The van der Waals surface area contributed by atoms with Gasteiger partial charge in [-0.15, -0.1) is 0 Å². The third kappa shape index (κ3) is 3.28. The molecule has 4 aromatic rings. The maximum Gasteiger partial charge on any atom is 0.322 e. The van der Waals surface area contributed by atoms with Crippen molar-refractivity contribution >= 4 is 22.7 Å². The van der Waals surface area contributed by atoms with E-state index in [1.165, 1.54) is 35.0 Å². The predicted octanol–water partition coefficient (Wildman–Crippen LogP) is 2.28. The number of halogens is 1. The Morgan fingerprint density at radius 1 is 0.970 bits per heavy atom. The van der Waals surface area contributed by atoms with Crippen molar-refractivity contribution in [3.8, 4) is 22.8 Å². The Labute approximate surface area is 185 Å². The number of urea groups is 1.